The first-order chi connectivity index (χ1) is 11.5. The number of carbonyl (C=O) groups is 2. The number of hydrogen-bond acceptors (Lipinski definition) is 4. The van der Waals surface area contributed by atoms with Crippen molar-refractivity contribution in [2.75, 3.05) is 20.3 Å². The zero-order valence-corrected chi connectivity index (χ0v) is 14.9. The second kappa shape index (κ2) is 8.92. The van der Waals surface area contributed by atoms with Crippen molar-refractivity contribution in [1.82, 2.24) is 4.90 Å². The van der Waals surface area contributed by atoms with Crippen molar-refractivity contribution in [2.45, 2.75) is 38.6 Å². The fourth-order valence-corrected chi connectivity index (χ4v) is 3.00. The number of likely N-dealkylation sites (N-methyl/N-ethyl adjacent to an activating group) is 1. The number of benzene rings is 1. The van der Waals surface area contributed by atoms with Gasteiger partial charge in [-0.15, -0.1) is 0 Å². The minimum Gasteiger partial charge on any atom is -0.482 e. The number of carbonyl (C=O) groups excluding carboxylic acids is 2. The maximum absolute atomic E-state index is 12.1. The van der Waals surface area contributed by atoms with Gasteiger partial charge < -0.3 is 14.4 Å². The first-order valence-electron chi connectivity index (χ1n) is 8.25. The SMILES string of the molecule is CC1CCC(N(C)C(=O)COC(=O)COc2cccc(Cl)c2)CC1. The summed E-state index contributed by atoms with van der Waals surface area (Å²) in [6.45, 7) is 1.73. The average molecular weight is 354 g/mol. The fraction of sp³-hybridized carbons (Fsp3) is 0.556. The lowest BCUT2D eigenvalue weighted by Gasteiger charge is -2.33. The molecule has 0 radical (unpaired) electrons. The van der Waals surface area contributed by atoms with E-state index in [2.05, 4.69) is 6.92 Å². The molecule has 1 fully saturated rings. The second-order valence-corrected chi connectivity index (χ2v) is 6.76. The van der Waals surface area contributed by atoms with E-state index in [-0.39, 0.29) is 25.2 Å². The van der Waals surface area contributed by atoms with E-state index >= 15 is 0 Å². The van der Waals surface area contributed by atoms with Gasteiger partial charge in [-0.25, -0.2) is 4.79 Å². The van der Waals surface area contributed by atoms with Crippen molar-refractivity contribution >= 4 is 23.5 Å². The van der Waals surface area contributed by atoms with Crippen LogP contribution in [0.2, 0.25) is 5.02 Å². The molecule has 1 amide bonds. The summed E-state index contributed by atoms with van der Waals surface area (Å²) in [6, 6.07) is 7.00. The molecule has 0 spiro atoms. The number of ether oxygens (including phenoxy) is 2. The molecular weight excluding hydrogens is 330 g/mol. The quantitative estimate of drug-likeness (QED) is 0.736. The smallest absolute Gasteiger partial charge is 0.344 e. The van der Waals surface area contributed by atoms with Crippen molar-refractivity contribution in [2.24, 2.45) is 5.92 Å². The molecule has 0 aromatic heterocycles. The van der Waals surface area contributed by atoms with Crippen LogP contribution in [0.3, 0.4) is 0 Å². The third-order valence-corrected chi connectivity index (χ3v) is 4.67. The highest BCUT2D eigenvalue weighted by Gasteiger charge is 2.25. The van der Waals surface area contributed by atoms with Crippen LogP contribution in [0, 0.1) is 5.92 Å². The van der Waals surface area contributed by atoms with Crippen molar-refractivity contribution in [3.8, 4) is 5.75 Å². The van der Waals surface area contributed by atoms with E-state index in [1.165, 1.54) is 0 Å². The molecular formula is C18H24ClNO4. The Hall–Kier alpha value is -1.75. The summed E-state index contributed by atoms with van der Waals surface area (Å²) in [5.74, 6) is 0.463. The van der Waals surface area contributed by atoms with E-state index in [1.54, 1.807) is 36.2 Å². The van der Waals surface area contributed by atoms with E-state index < -0.39 is 5.97 Å². The molecule has 0 N–H and O–H groups in total. The molecule has 1 saturated carbocycles. The maximum atomic E-state index is 12.1. The second-order valence-electron chi connectivity index (χ2n) is 6.33. The summed E-state index contributed by atoms with van der Waals surface area (Å²) >= 11 is 5.83. The molecule has 0 aliphatic heterocycles. The van der Waals surface area contributed by atoms with Gasteiger partial charge in [-0.3, -0.25) is 4.79 Å². The number of nitrogens with zero attached hydrogens (tertiary/aromatic N) is 1. The van der Waals surface area contributed by atoms with E-state index in [0.29, 0.717) is 10.8 Å². The molecule has 5 nitrogen and oxygen atoms in total. The standard InChI is InChI=1S/C18H24ClNO4/c1-13-6-8-15(9-7-13)20(2)17(21)11-24-18(22)12-23-16-5-3-4-14(19)10-16/h3-5,10,13,15H,6-9,11-12H2,1-2H3. The molecule has 0 unspecified atom stereocenters. The summed E-state index contributed by atoms with van der Waals surface area (Å²) in [5.41, 5.74) is 0. The summed E-state index contributed by atoms with van der Waals surface area (Å²) in [7, 11) is 1.78. The molecule has 2 rings (SSSR count). The normalized spacial score (nSPS) is 20.3. The highest BCUT2D eigenvalue weighted by molar-refractivity contribution is 6.30. The van der Waals surface area contributed by atoms with Crippen LogP contribution < -0.4 is 4.74 Å². The van der Waals surface area contributed by atoms with Crippen molar-refractivity contribution in [1.29, 1.82) is 0 Å². The van der Waals surface area contributed by atoms with Crippen molar-refractivity contribution in [3.05, 3.63) is 29.3 Å². The Bertz CT molecular complexity index is 570. The monoisotopic (exact) mass is 353 g/mol. The van der Waals surface area contributed by atoms with Crippen LogP contribution in [-0.2, 0) is 14.3 Å². The van der Waals surface area contributed by atoms with E-state index in [9.17, 15) is 9.59 Å². The molecule has 1 aliphatic rings. The molecule has 1 aromatic rings. The van der Waals surface area contributed by atoms with Crippen LogP contribution in [0.4, 0.5) is 0 Å². The van der Waals surface area contributed by atoms with Gasteiger partial charge in [0.15, 0.2) is 13.2 Å². The number of esters is 1. The predicted molar refractivity (Wildman–Crippen MR) is 92.1 cm³/mol. The van der Waals surface area contributed by atoms with Gasteiger partial charge in [0, 0.05) is 18.1 Å². The third-order valence-electron chi connectivity index (χ3n) is 4.44. The van der Waals surface area contributed by atoms with Crippen LogP contribution in [0.1, 0.15) is 32.6 Å². The van der Waals surface area contributed by atoms with Crippen LogP contribution >= 0.6 is 11.6 Å². The lowest BCUT2D eigenvalue weighted by Crippen LogP contribution is -2.41. The number of rotatable bonds is 6. The zero-order chi connectivity index (χ0) is 17.5. The Morgan fingerprint density at radius 3 is 2.58 bits per heavy atom. The van der Waals surface area contributed by atoms with Crippen molar-refractivity contribution in [3.63, 3.8) is 0 Å². The van der Waals surface area contributed by atoms with Gasteiger partial charge in [0.25, 0.3) is 5.91 Å². The van der Waals surface area contributed by atoms with Crippen LogP contribution in [0.5, 0.6) is 5.75 Å². The van der Waals surface area contributed by atoms with Gasteiger partial charge in [0.05, 0.1) is 0 Å². The predicted octanol–water partition coefficient (Wildman–Crippen LogP) is 3.30. The first kappa shape index (κ1) is 18.6. The molecule has 0 bridgehead atoms. The highest BCUT2D eigenvalue weighted by Crippen LogP contribution is 2.26. The Kier molecular flexibility index (Phi) is 6.91. The molecule has 24 heavy (non-hydrogen) atoms. The number of halogens is 1. The minimum atomic E-state index is -0.575. The summed E-state index contributed by atoms with van der Waals surface area (Å²) in [6.07, 6.45) is 4.29. The van der Waals surface area contributed by atoms with E-state index in [0.717, 1.165) is 31.6 Å². The lowest BCUT2D eigenvalue weighted by molar-refractivity contribution is -0.154. The first-order valence-corrected chi connectivity index (χ1v) is 8.63. The molecule has 0 saturated heterocycles. The average Bonchev–Trinajstić information content (AvgIpc) is 2.58. The molecule has 0 heterocycles. The Balaban J connectivity index is 1.69. The number of hydrogen-bond donors (Lipinski definition) is 0. The lowest BCUT2D eigenvalue weighted by atomic mass is 9.87. The van der Waals surface area contributed by atoms with Crippen LogP contribution in [0.15, 0.2) is 24.3 Å². The summed E-state index contributed by atoms with van der Waals surface area (Å²) in [5, 5.41) is 0.527. The van der Waals surface area contributed by atoms with Gasteiger partial charge in [-0.05, 0) is 49.8 Å². The Labute approximate surface area is 147 Å². The Morgan fingerprint density at radius 1 is 1.21 bits per heavy atom. The minimum absolute atomic E-state index is 0.175. The fourth-order valence-electron chi connectivity index (χ4n) is 2.82. The van der Waals surface area contributed by atoms with E-state index in [1.807, 2.05) is 0 Å². The van der Waals surface area contributed by atoms with Crippen LogP contribution in [-0.4, -0.2) is 43.1 Å². The topological polar surface area (TPSA) is 55.8 Å². The van der Waals surface area contributed by atoms with Gasteiger partial charge in [-0.2, -0.15) is 0 Å². The van der Waals surface area contributed by atoms with Gasteiger partial charge >= 0.3 is 5.97 Å². The molecule has 1 aliphatic carbocycles. The van der Waals surface area contributed by atoms with Crippen LogP contribution in [0.25, 0.3) is 0 Å². The summed E-state index contributed by atoms with van der Waals surface area (Å²) in [4.78, 5) is 25.5. The molecule has 132 valence electrons. The largest absolute Gasteiger partial charge is 0.482 e. The number of amides is 1. The third kappa shape index (κ3) is 5.71. The van der Waals surface area contributed by atoms with Gasteiger partial charge in [0.2, 0.25) is 0 Å². The molecule has 0 atom stereocenters. The van der Waals surface area contributed by atoms with Gasteiger partial charge in [0.1, 0.15) is 5.75 Å². The molecule has 1 aromatic carbocycles. The summed E-state index contributed by atoms with van der Waals surface area (Å²) < 4.78 is 10.3. The van der Waals surface area contributed by atoms with Crippen molar-refractivity contribution < 1.29 is 19.1 Å². The maximum Gasteiger partial charge on any atom is 0.344 e. The van der Waals surface area contributed by atoms with Gasteiger partial charge in [-0.1, -0.05) is 24.6 Å². The zero-order valence-electron chi connectivity index (χ0n) is 14.2. The molecule has 6 heteroatoms. The van der Waals surface area contributed by atoms with E-state index in [4.69, 9.17) is 21.1 Å². The Morgan fingerprint density at radius 2 is 1.92 bits per heavy atom. The highest BCUT2D eigenvalue weighted by atomic mass is 35.5.